The molecule has 15 heavy (non-hydrogen) atoms. The molecule has 0 fully saturated rings. The van der Waals surface area contributed by atoms with E-state index in [1.54, 1.807) is 13.8 Å². The van der Waals surface area contributed by atoms with Crippen LogP contribution in [0.4, 0.5) is 0 Å². The van der Waals surface area contributed by atoms with Gasteiger partial charge in [0.1, 0.15) is 6.29 Å². The van der Waals surface area contributed by atoms with Crippen molar-refractivity contribution in [3.8, 4) is 0 Å². The average Bonchev–Trinajstić information content (AvgIpc) is 2.14. The first-order valence-electron chi connectivity index (χ1n) is 5.35. The van der Waals surface area contributed by atoms with Gasteiger partial charge in [-0.25, -0.2) is 0 Å². The molecule has 0 aliphatic carbocycles. The Morgan fingerprint density at radius 3 is 2.07 bits per heavy atom. The SMILES string of the molecule is CCC(C)(C)C(CC(C)(C)C=O)C(=O)O. The molecule has 88 valence electrons. The topological polar surface area (TPSA) is 54.4 Å². The highest BCUT2D eigenvalue weighted by atomic mass is 16.4. The second-order valence-corrected chi connectivity index (χ2v) is 5.54. The molecular weight excluding hydrogens is 192 g/mol. The van der Waals surface area contributed by atoms with E-state index >= 15 is 0 Å². The van der Waals surface area contributed by atoms with Crippen LogP contribution in [0.2, 0.25) is 0 Å². The Kier molecular flexibility index (Phi) is 4.50. The lowest BCUT2D eigenvalue weighted by molar-refractivity contribution is -0.147. The Morgan fingerprint density at radius 1 is 1.33 bits per heavy atom. The highest BCUT2D eigenvalue weighted by Gasteiger charge is 2.37. The van der Waals surface area contributed by atoms with Gasteiger partial charge in [-0.05, 0) is 11.8 Å². The zero-order valence-corrected chi connectivity index (χ0v) is 10.3. The first kappa shape index (κ1) is 14.1. The third-order valence-electron chi connectivity index (χ3n) is 3.20. The van der Waals surface area contributed by atoms with Gasteiger partial charge in [-0.2, -0.15) is 0 Å². The van der Waals surface area contributed by atoms with Gasteiger partial charge in [0.25, 0.3) is 0 Å². The maximum absolute atomic E-state index is 11.2. The van der Waals surface area contributed by atoms with E-state index in [-0.39, 0.29) is 5.41 Å². The van der Waals surface area contributed by atoms with Crippen molar-refractivity contribution in [2.45, 2.75) is 47.5 Å². The van der Waals surface area contributed by atoms with Crippen LogP contribution in [0.5, 0.6) is 0 Å². The fraction of sp³-hybridized carbons (Fsp3) is 0.833. The van der Waals surface area contributed by atoms with Crippen LogP contribution in [0.1, 0.15) is 47.5 Å². The molecular formula is C12H22O3. The lowest BCUT2D eigenvalue weighted by Crippen LogP contribution is -2.35. The summed E-state index contributed by atoms with van der Waals surface area (Å²) < 4.78 is 0. The first-order chi connectivity index (χ1) is 6.66. The van der Waals surface area contributed by atoms with Crippen molar-refractivity contribution in [1.82, 2.24) is 0 Å². The smallest absolute Gasteiger partial charge is 0.307 e. The molecule has 0 amide bonds. The monoisotopic (exact) mass is 214 g/mol. The zero-order valence-electron chi connectivity index (χ0n) is 10.3. The van der Waals surface area contributed by atoms with Crippen molar-refractivity contribution in [3.63, 3.8) is 0 Å². The van der Waals surface area contributed by atoms with Crippen LogP contribution in [0, 0.1) is 16.7 Å². The van der Waals surface area contributed by atoms with E-state index in [1.807, 2.05) is 20.8 Å². The highest BCUT2D eigenvalue weighted by molar-refractivity contribution is 5.72. The van der Waals surface area contributed by atoms with Crippen LogP contribution in [0.15, 0.2) is 0 Å². The number of rotatable bonds is 6. The summed E-state index contributed by atoms with van der Waals surface area (Å²) in [5.41, 5.74) is -0.832. The van der Waals surface area contributed by atoms with E-state index < -0.39 is 17.3 Å². The third kappa shape index (κ3) is 4.02. The van der Waals surface area contributed by atoms with Gasteiger partial charge in [0, 0.05) is 5.41 Å². The van der Waals surface area contributed by atoms with Gasteiger partial charge in [0.15, 0.2) is 0 Å². The van der Waals surface area contributed by atoms with Crippen LogP contribution >= 0.6 is 0 Å². The molecule has 0 radical (unpaired) electrons. The van der Waals surface area contributed by atoms with Crippen LogP contribution in [0.25, 0.3) is 0 Å². The van der Waals surface area contributed by atoms with Crippen LogP contribution < -0.4 is 0 Å². The molecule has 3 heteroatoms. The van der Waals surface area contributed by atoms with Crippen molar-refractivity contribution in [1.29, 1.82) is 0 Å². The fourth-order valence-corrected chi connectivity index (χ4v) is 1.52. The number of hydrogen-bond donors (Lipinski definition) is 1. The lowest BCUT2D eigenvalue weighted by atomic mass is 9.69. The predicted octanol–water partition coefficient (Wildman–Crippen LogP) is 2.74. The summed E-state index contributed by atoms with van der Waals surface area (Å²) in [4.78, 5) is 22.0. The van der Waals surface area contributed by atoms with E-state index in [0.29, 0.717) is 6.42 Å². The predicted molar refractivity (Wildman–Crippen MR) is 59.7 cm³/mol. The molecule has 3 nitrogen and oxygen atoms in total. The minimum atomic E-state index is -0.809. The molecule has 0 aliphatic rings. The number of carboxylic acids is 1. The van der Waals surface area contributed by atoms with Gasteiger partial charge in [0.2, 0.25) is 0 Å². The molecule has 0 aromatic heterocycles. The van der Waals surface area contributed by atoms with Gasteiger partial charge in [-0.1, -0.05) is 41.0 Å². The maximum atomic E-state index is 11.2. The van der Waals surface area contributed by atoms with E-state index in [4.69, 9.17) is 0 Å². The number of hydrogen-bond acceptors (Lipinski definition) is 2. The summed E-state index contributed by atoms with van der Waals surface area (Å²) in [6.07, 6.45) is 2.03. The van der Waals surface area contributed by atoms with E-state index in [1.165, 1.54) is 0 Å². The molecule has 0 rings (SSSR count). The molecule has 1 N–H and O–H groups in total. The van der Waals surface area contributed by atoms with Gasteiger partial charge in [-0.15, -0.1) is 0 Å². The fourth-order valence-electron chi connectivity index (χ4n) is 1.52. The summed E-state index contributed by atoms with van der Waals surface area (Å²) in [6, 6.07) is 0. The van der Waals surface area contributed by atoms with Gasteiger partial charge < -0.3 is 9.90 Å². The van der Waals surface area contributed by atoms with Crippen molar-refractivity contribution in [3.05, 3.63) is 0 Å². The summed E-state index contributed by atoms with van der Waals surface area (Å²) in [7, 11) is 0. The van der Waals surface area contributed by atoms with Crippen molar-refractivity contribution in [2.24, 2.45) is 16.7 Å². The molecule has 0 aromatic carbocycles. The molecule has 1 unspecified atom stereocenters. The molecule has 0 heterocycles. The average molecular weight is 214 g/mol. The van der Waals surface area contributed by atoms with Crippen molar-refractivity contribution < 1.29 is 14.7 Å². The molecule has 1 atom stereocenters. The second-order valence-electron chi connectivity index (χ2n) is 5.54. The molecule has 0 spiro atoms. The van der Waals surface area contributed by atoms with Crippen molar-refractivity contribution in [2.75, 3.05) is 0 Å². The first-order valence-corrected chi connectivity index (χ1v) is 5.35. The lowest BCUT2D eigenvalue weighted by Gasteiger charge is -2.34. The van der Waals surface area contributed by atoms with Gasteiger partial charge in [0.05, 0.1) is 5.92 Å². The summed E-state index contributed by atoms with van der Waals surface area (Å²) in [5.74, 6) is -1.28. The largest absolute Gasteiger partial charge is 0.481 e. The van der Waals surface area contributed by atoms with E-state index in [2.05, 4.69) is 0 Å². The van der Waals surface area contributed by atoms with Gasteiger partial charge in [-0.3, -0.25) is 4.79 Å². The number of carbonyl (C=O) groups excluding carboxylic acids is 1. The molecule has 0 saturated heterocycles. The summed E-state index contributed by atoms with van der Waals surface area (Å²) >= 11 is 0. The normalized spacial score (nSPS) is 14.7. The summed E-state index contributed by atoms with van der Waals surface area (Å²) in [6.45, 7) is 9.41. The van der Waals surface area contributed by atoms with Crippen LogP contribution in [-0.4, -0.2) is 17.4 Å². The maximum Gasteiger partial charge on any atom is 0.307 e. The molecule has 0 bridgehead atoms. The van der Waals surface area contributed by atoms with Crippen LogP contribution in [0.3, 0.4) is 0 Å². The Labute approximate surface area is 91.9 Å². The number of aliphatic carboxylic acids is 1. The Balaban J connectivity index is 4.85. The van der Waals surface area contributed by atoms with Crippen LogP contribution in [-0.2, 0) is 9.59 Å². The molecule has 0 aromatic rings. The highest BCUT2D eigenvalue weighted by Crippen LogP contribution is 2.38. The number of carbonyl (C=O) groups is 2. The standard InChI is InChI=1S/C12H22O3/c1-6-12(4,5)9(10(14)15)7-11(2,3)8-13/h8-9H,6-7H2,1-5H3,(H,14,15). The Morgan fingerprint density at radius 2 is 1.80 bits per heavy atom. The number of aldehydes is 1. The van der Waals surface area contributed by atoms with E-state index in [0.717, 1.165) is 12.7 Å². The Bertz CT molecular complexity index is 241. The molecule has 0 saturated carbocycles. The third-order valence-corrected chi connectivity index (χ3v) is 3.20. The summed E-state index contributed by atoms with van der Waals surface area (Å²) in [5, 5.41) is 9.18. The van der Waals surface area contributed by atoms with Crippen molar-refractivity contribution >= 4 is 12.3 Å². The quantitative estimate of drug-likeness (QED) is 0.692. The van der Waals surface area contributed by atoms with Gasteiger partial charge >= 0.3 is 5.97 Å². The minimum Gasteiger partial charge on any atom is -0.481 e. The minimum absolute atomic E-state index is 0.272. The zero-order chi connectivity index (χ0) is 12.3. The number of carboxylic acid groups (broad SMARTS) is 1. The van der Waals surface area contributed by atoms with E-state index in [9.17, 15) is 14.7 Å². The Hall–Kier alpha value is -0.860. The second kappa shape index (κ2) is 4.77. The molecule has 0 aliphatic heterocycles.